The summed E-state index contributed by atoms with van der Waals surface area (Å²) in [5.41, 5.74) is 9.71. The number of rotatable bonds is 3. The van der Waals surface area contributed by atoms with Gasteiger partial charge < -0.3 is 0 Å². The van der Waals surface area contributed by atoms with Crippen molar-refractivity contribution in [1.82, 2.24) is 16.3 Å². The number of hydrogen-bond acceptors (Lipinski definition) is 4. The summed E-state index contributed by atoms with van der Waals surface area (Å²) in [4.78, 5) is 12.2. The molecule has 21 heavy (non-hydrogen) atoms. The van der Waals surface area contributed by atoms with Crippen molar-refractivity contribution in [1.29, 1.82) is 0 Å². The highest BCUT2D eigenvalue weighted by atomic mass is 35.5. The fraction of sp³-hybridized carbons (Fsp3) is 0.467. The van der Waals surface area contributed by atoms with E-state index in [4.69, 9.17) is 11.6 Å². The molecule has 1 saturated carbocycles. The van der Waals surface area contributed by atoms with Crippen molar-refractivity contribution >= 4 is 23.7 Å². The molecule has 0 spiro atoms. The van der Waals surface area contributed by atoms with Crippen LogP contribution < -0.4 is 16.3 Å². The van der Waals surface area contributed by atoms with Crippen LogP contribution in [0, 0.1) is 5.92 Å². The first-order chi connectivity index (χ1) is 10.3. The summed E-state index contributed by atoms with van der Waals surface area (Å²) in [5.74, 6) is 0.259. The van der Waals surface area contributed by atoms with Crippen molar-refractivity contribution in [3.8, 4) is 0 Å². The highest BCUT2D eigenvalue weighted by Gasteiger charge is 2.40. The molecule has 1 aliphatic carbocycles. The number of hydrazine groups is 1. The number of hydrazone groups is 1. The molecule has 1 amide bonds. The summed E-state index contributed by atoms with van der Waals surface area (Å²) in [6.45, 7) is 0. The average molecular weight is 307 g/mol. The number of carbonyl (C=O) groups is 1. The molecule has 3 atom stereocenters. The van der Waals surface area contributed by atoms with Crippen LogP contribution in [-0.2, 0) is 4.79 Å². The van der Waals surface area contributed by atoms with Gasteiger partial charge in [0, 0.05) is 22.5 Å². The molecule has 2 aliphatic rings. The zero-order chi connectivity index (χ0) is 14.7. The number of benzene rings is 1. The van der Waals surface area contributed by atoms with Crippen molar-refractivity contribution < 1.29 is 4.79 Å². The van der Waals surface area contributed by atoms with Gasteiger partial charge in [0.2, 0.25) is 0 Å². The van der Waals surface area contributed by atoms with E-state index < -0.39 is 0 Å². The molecular formula is C15H19ClN4O. The summed E-state index contributed by atoms with van der Waals surface area (Å²) in [6, 6.07) is 7.57. The Hall–Kier alpha value is -1.43. The summed E-state index contributed by atoms with van der Waals surface area (Å²) >= 11 is 6.03. The Labute approximate surface area is 129 Å². The molecule has 1 aromatic carbocycles. The third-order valence-electron chi connectivity index (χ3n) is 4.24. The molecule has 2 fully saturated rings. The van der Waals surface area contributed by atoms with E-state index in [1.54, 1.807) is 12.3 Å². The van der Waals surface area contributed by atoms with Crippen molar-refractivity contribution in [2.24, 2.45) is 11.0 Å². The van der Waals surface area contributed by atoms with E-state index in [9.17, 15) is 4.79 Å². The van der Waals surface area contributed by atoms with E-state index in [0.717, 1.165) is 18.4 Å². The highest BCUT2D eigenvalue weighted by molar-refractivity contribution is 6.33. The fourth-order valence-electron chi connectivity index (χ4n) is 3.12. The van der Waals surface area contributed by atoms with Gasteiger partial charge in [-0.15, -0.1) is 0 Å². The van der Waals surface area contributed by atoms with E-state index in [-0.39, 0.29) is 11.9 Å². The summed E-state index contributed by atoms with van der Waals surface area (Å²) in [7, 11) is 0. The van der Waals surface area contributed by atoms with E-state index >= 15 is 0 Å². The molecule has 0 radical (unpaired) electrons. The summed E-state index contributed by atoms with van der Waals surface area (Å²) < 4.78 is 0. The molecule has 0 bridgehead atoms. The Balaban J connectivity index is 1.58. The van der Waals surface area contributed by atoms with Crippen LogP contribution in [0.2, 0.25) is 5.02 Å². The lowest BCUT2D eigenvalue weighted by Crippen LogP contribution is -2.44. The number of fused-ring (bicyclic) bond motifs is 1. The summed E-state index contributed by atoms with van der Waals surface area (Å²) in [6.07, 6.45) is 6.20. The van der Waals surface area contributed by atoms with E-state index in [1.165, 1.54) is 12.8 Å². The second-order valence-corrected chi connectivity index (χ2v) is 5.98. The second-order valence-electron chi connectivity index (χ2n) is 5.58. The topological polar surface area (TPSA) is 65.5 Å². The number of nitrogens with one attached hydrogen (secondary N) is 3. The van der Waals surface area contributed by atoms with Crippen LogP contribution >= 0.6 is 11.6 Å². The van der Waals surface area contributed by atoms with Crippen LogP contribution in [0.1, 0.15) is 31.2 Å². The Morgan fingerprint density at radius 2 is 2.10 bits per heavy atom. The maximum absolute atomic E-state index is 12.2. The SMILES string of the molecule is O=C(N/N=C/c1ccccc1Cl)C1NNC2CCCCC21. The number of carbonyl (C=O) groups excluding carboxylic acids is 1. The molecule has 3 rings (SSSR count). The number of hydrogen-bond donors (Lipinski definition) is 3. The fourth-order valence-corrected chi connectivity index (χ4v) is 3.30. The van der Waals surface area contributed by atoms with E-state index in [0.29, 0.717) is 17.0 Å². The van der Waals surface area contributed by atoms with Crippen LogP contribution in [0.15, 0.2) is 29.4 Å². The highest BCUT2D eigenvalue weighted by Crippen LogP contribution is 2.30. The van der Waals surface area contributed by atoms with Crippen molar-refractivity contribution in [2.75, 3.05) is 0 Å². The molecule has 0 aromatic heterocycles. The first-order valence-corrected chi connectivity index (χ1v) is 7.72. The lowest BCUT2D eigenvalue weighted by Gasteiger charge is -2.26. The lowest BCUT2D eigenvalue weighted by atomic mass is 9.81. The van der Waals surface area contributed by atoms with E-state index in [2.05, 4.69) is 21.4 Å². The molecule has 5 nitrogen and oxygen atoms in total. The molecule has 1 saturated heterocycles. The Morgan fingerprint density at radius 1 is 1.29 bits per heavy atom. The quantitative estimate of drug-likeness (QED) is 0.589. The Bertz CT molecular complexity index is 548. The molecule has 3 unspecified atom stereocenters. The monoisotopic (exact) mass is 306 g/mol. The molecule has 112 valence electrons. The molecule has 1 heterocycles. The number of amides is 1. The van der Waals surface area contributed by atoms with Gasteiger partial charge in [-0.3, -0.25) is 10.2 Å². The minimum absolute atomic E-state index is 0.0970. The predicted molar refractivity (Wildman–Crippen MR) is 83.0 cm³/mol. The smallest absolute Gasteiger partial charge is 0.258 e. The maximum Gasteiger partial charge on any atom is 0.258 e. The Kier molecular flexibility index (Phi) is 4.53. The van der Waals surface area contributed by atoms with Crippen molar-refractivity contribution in [2.45, 2.75) is 37.8 Å². The zero-order valence-electron chi connectivity index (χ0n) is 11.7. The average Bonchev–Trinajstić information content (AvgIpc) is 2.93. The molecular weight excluding hydrogens is 288 g/mol. The summed E-state index contributed by atoms with van der Waals surface area (Å²) in [5, 5.41) is 4.62. The minimum Gasteiger partial charge on any atom is -0.271 e. The van der Waals surface area contributed by atoms with Gasteiger partial charge in [0.1, 0.15) is 6.04 Å². The molecule has 6 heteroatoms. The van der Waals surface area contributed by atoms with Crippen LogP contribution in [0.4, 0.5) is 0 Å². The first-order valence-electron chi connectivity index (χ1n) is 7.34. The van der Waals surface area contributed by atoms with Gasteiger partial charge in [0.15, 0.2) is 0 Å². The maximum atomic E-state index is 12.2. The first kappa shape index (κ1) is 14.5. The van der Waals surface area contributed by atoms with E-state index in [1.807, 2.05) is 18.2 Å². The van der Waals surface area contributed by atoms with Gasteiger partial charge >= 0.3 is 0 Å². The molecule has 1 aliphatic heterocycles. The molecule has 1 aromatic rings. The predicted octanol–water partition coefficient (Wildman–Crippen LogP) is 1.83. The van der Waals surface area contributed by atoms with Gasteiger partial charge in [-0.25, -0.2) is 10.9 Å². The van der Waals surface area contributed by atoms with Gasteiger partial charge in [-0.1, -0.05) is 42.6 Å². The molecule has 3 N–H and O–H groups in total. The number of nitrogens with zero attached hydrogens (tertiary/aromatic N) is 1. The van der Waals surface area contributed by atoms with Gasteiger partial charge in [-0.05, 0) is 18.9 Å². The largest absolute Gasteiger partial charge is 0.271 e. The van der Waals surface area contributed by atoms with Gasteiger partial charge in [0.05, 0.1) is 6.21 Å². The third-order valence-corrected chi connectivity index (χ3v) is 4.58. The van der Waals surface area contributed by atoms with Crippen LogP contribution in [-0.4, -0.2) is 24.2 Å². The van der Waals surface area contributed by atoms with Gasteiger partial charge in [0.25, 0.3) is 5.91 Å². The van der Waals surface area contributed by atoms with Crippen LogP contribution in [0.25, 0.3) is 0 Å². The van der Waals surface area contributed by atoms with Crippen LogP contribution in [0.3, 0.4) is 0 Å². The van der Waals surface area contributed by atoms with Gasteiger partial charge in [-0.2, -0.15) is 5.10 Å². The standard InChI is InChI=1S/C15H19ClN4O/c16-12-7-3-1-5-10(12)9-17-20-15(21)14-11-6-2-4-8-13(11)18-19-14/h1,3,5,7,9,11,13-14,18-19H,2,4,6,8H2,(H,20,21)/b17-9+. The van der Waals surface area contributed by atoms with Crippen molar-refractivity contribution in [3.05, 3.63) is 34.9 Å². The third kappa shape index (κ3) is 3.26. The number of halogens is 1. The zero-order valence-corrected chi connectivity index (χ0v) is 12.4. The lowest BCUT2D eigenvalue weighted by molar-refractivity contribution is -0.123. The second kappa shape index (κ2) is 6.56. The van der Waals surface area contributed by atoms with Crippen LogP contribution in [0.5, 0.6) is 0 Å². The minimum atomic E-state index is -0.210. The van der Waals surface area contributed by atoms with Crippen molar-refractivity contribution in [3.63, 3.8) is 0 Å². The Morgan fingerprint density at radius 3 is 2.95 bits per heavy atom. The normalized spacial score (nSPS) is 28.5.